The van der Waals surface area contributed by atoms with Gasteiger partial charge in [0.05, 0.1) is 0 Å². The summed E-state index contributed by atoms with van der Waals surface area (Å²) in [5.74, 6) is 1.04. The van der Waals surface area contributed by atoms with Crippen LogP contribution in [-0.4, -0.2) is 0 Å². The van der Waals surface area contributed by atoms with Gasteiger partial charge in [0.1, 0.15) is 0 Å². The molecule has 1 rings (SSSR count). The van der Waals surface area contributed by atoms with Gasteiger partial charge in [-0.1, -0.05) is 49.0 Å². The predicted molar refractivity (Wildman–Crippen MR) is 73.6 cm³/mol. The van der Waals surface area contributed by atoms with E-state index in [0.29, 0.717) is 0 Å². The van der Waals surface area contributed by atoms with Crippen molar-refractivity contribution in [3.8, 4) is 0 Å². The van der Waals surface area contributed by atoms with Crippen LogP contribution in [0.1, 0.15) is 72.1 Å². The minimum absolute atomic E-state index is 1.04. The topological polar surface area (TPSA) is 0 Å². The number of allylic oxidation sites excluding steroid dienone is 4. The average Bonchev–Trinajstić information content (AvgIpc) is 2.79. The van der Waals surface area contributed by atoms with Gasteiger partial charge < -0.3 is 0 Å². The molecule has 1 aliphatic carbocycles. The van der Waals surface area contributed by atoms with Crippen molar-refractivity contribution in [2.45, 2.75) is 72.1 Å². The third kappa shape index (κ3) is 5.53. The van der Waals surface area contributed by atoms with Crippen LogP contribution in [0.5, 0.6) is 0 Å². The molecule has 0 radical (unpaired) electrons. The molecule has 0 heteroatoms. The Bertz CT molecular complexity index is 239. The van der Waals surface area contributed by atoms with Gasteiger partial charge in [0.25, 0.3) is 0 Å². The van der Waals surface area contributed by atoms with Gasteiger partial charge in [0.15, 0.2) is 0 Å². The Hall–Kier alpha value is -0.520. The van der Waals surface area contributed by atoms with Gasteiger partial charge >= 0.3 is 0 Å². The van der Waals surface area contributed by atoms with Crippen molar-refractivity contribution in [1.82, 2.24) is 0 Å². The smallest absolute Gasteiger partial charge is 0.0288 e. The Kier molecular flexibility index (Phi) is 6.52. The van der Waals surface area contributed by atoms with Crippen LogP contribution >= 0.6 is 0 Å². The maximum absolute atomic E-state index is 2.45. The highest BCUT2D eigenvalue weighted by Crippen LogP contribution is 2.29. The first-order valence-electron chi connectivity index (χ1n) is 6.99. The van der Waals surface area contributed by atoms with E-state index in [1.165, 1.54) is 56.9 Å². The SMILES string of the molecule is C/C=C(/C)CC/C=C(/C)CCC1CCCC1. The summed E-state index contributed by atoms with van der Waals surface area (Å²) in [6.07, 6.45) is 15.8. The fraction of sp³-hybridized carbons (Fsp3) is 0.750. The second-order valence-electron chi connectivity index (χ2n) is 5.41. The Morgan fingerprint density at radius 1 is 1.06 bits per heavy atom. The maximum Gasteiger partial charge on any atom is -0.0288 e. The molecule has 92 valence electrons. The minimum Gasteiger partial charge on any atom is -0.0887 e. The number of rotatable bonds is 6. The van der Waals surface area contributed by atoms with E-state index in [4.69, 9.17) is 0 Å². The molecule has 0 N–H and O–H groups in total. The van der Waals surface area contributed by atoms with Gasteiger partial charge in [0, 0.05) is 0 Å². The minimum atomic E-state index is 1.04. The molecule has 1 saturated carbocycles. The first-order valence-corrected chi connectivity index (χ1v) is 6.99. The Balaban J connectivity index is 2.13. The van der Waals surface area contributed by atoms with Crippen LogP contribution in [0.15, 0.2) is 23.3 Å². The molecule has 0 atom stereocenters. The highest BCUT2D eigenvalue weighted by atomic mass is 14.2. The molecular formula is C16H28. The maximum atomic E-state index is 2.45. The lowest BCUT2D eigenvalue weighted by molar-refractivity contribution is 0.502. The van der Waals surface area contributed by atoms with Crippen molar-refractivity contribution in [2.75, 3.05) is 0 Å². The first-order chi connectivity index (χ1) is 7.72. The molecule has 0 aromatic carbocycles. The molecular weight excluding hydrogens is 192 g/mol. The van der Waals surface area contributed by atoms with E-state index >= 15 is 0 Å². The lowest BCUT2D eigenvalue weighted by Crippen LogP contribution is -1.93. The van der Waals surface area contributed by atoms with Gasteiger partial charge in [-0.25, -0.2) is 0 Å². The monoisotopic (exact) mass is 220 g/mol. The lowest BCUT2D eigenvalue weighted by atomic mass is 9.98. The van der Waals surface area contributed by atoms with E-state index < -0.39 is 0 Å². The Morgan fingerprint density at radius 3 is 2.38 bits per heavy atom. The Morgan fingerprint density at radius 2 is 1.75 bits per heavy atom. The van der Waals surface area contributed by atoms with Crippen LogP contribution in [0, 0.1) is 5.92 Å². The summed E-state index contributed by atoms with van der Waals surface area (Å²) in [5, 5.41) is 0. The van der Waals surface area contributed by atoms with E-state index in [9.17, 15) is 0 Å². The molecule has 0 heterocycles. The van der Waals surface area contributed by atoms with E-state index in [-0.39, 0.29) is 0 Å². The van der Waals surface area contributed by atoms with Gasteiger partial charge in [-0.05, 0) is 52.4 Å². The van der Waals surface area contributed by atoms with Crippen LogP contribution < -0.4 is 0 Å². The molecule has 0 bridgehead atoms. The fourth-order valence-electron chi connectivity index (χ4n) is 2.52. The summed E-state index contributed by atoms with van der Waals surface area (Å²) in [7, 11) is 0. The summed E-state index contributed by atoms with van der Waals surface area (Å²) in [4.78, 5) is 0. The van der Waals surface area contributed by atoms with Crippen LogP contribution in [0.25, 0.3) is 0 Å². The molecule has 16 heavy (non-hydrogen) atoms. The zero-order valence-electron chi connectivity index (χ0n) is 11.4. The number of hydrogen-bond acceptors (Lipinski definition) is 0. The van der Waals surface area contributed by atoms with Crippen LogP contribution in [0.2, 0.25) is 0 Å². The molecule has 0 amide bonds. The molecule has 0 unspecified atom stereocenters. The van der Waals surface area contributed by atoms with Gasteiger partial charge in [-0.15, -0.1) is 0 Å². The van der Waals surface area contributed by atoms with Crippen molar-refractivity contribution in [1.29, 1.82) is 0 Å². The molecule has 1 fully saturated rings. The summed E-state index contributed by atoms with van der Waals surface area (Å²) >= 11 is 0. The summed E-state index contributed by atoms with van der Waals surface area (Å²) in [5.41, 5.74) is 3.12. The highest BCUT2D eigenvalue weighted by Gasteiger charge is 2.14. The van der Waals surface area contributed by atoms with Gasteiger partial charge in [-0.3, -0.25) is 0 Å². The quantitative estimate of drug-likeness (QED) is 0.507. The van der Waals surface area contributed by atoms with E-state index in [2.05, 4.69) is 32.9 Å². The van der Waals surface area contributed by atoms with E-state index in [0.717, 1.165) is 5.92 Å². The summed E-state index contributed by atoms with van der Waals surface area (Å²) < 4.78 is 0. The van der Waals surface area contributed by atoms with Crippen LogP contribution in [-0.2, 0) is 0 Å². The van der Waals surface area contributed by atoms with Gasteiger partial charge in [-0.2, -0.15) is 0 Å². The third-order valence-corrected chi connectivity index (χ3v) is 3.95. The zero-order valence-corrected chi connectivity index (χ0v) is 11.4. The van der Waals surface area contributed by atoms with Crippen molar-refractivity contribution >= 4 is 0 Å². The zero-order chi connectivity index (χ0) is 11.8. The third-order valence-electron chi connectivity index (χ3n) is 3.95. The molecule has 0 aliphatic heterocycles. The van der Waals surface area contributed by atoms with E-state index in [1.807, 2.05) is 0 Å². The van der Waals surface area contributed by atoms with Crippen molar-refractivity contribution in [3.05, 3.63) is 23.3 Å². The average molecular weight is 220 g/mol. The number of hydrogen-bond donors (Lipinski definition) is 0. The largest absolute Gasteiger partial charge is 0.0887 e. The normalized spacial score (nSPS) is 19.4. The molecule has 1 aliphatic rings. The summed E-state index contributed by atoms with van der Waals surface area (Å²) in [6, 6.07) is 0. The molecule has 0 aromatic rings. The molecule has 0 aromatic heterocycles. The van der Waals surface area contributed by atoms with Crippen molar-refractivity contribution < 1.29 is 0 Å². The second kappa shape index (κ2) is 7.70. The van der Waals surface area contributed by atoms with Crippen LogP contribution in [0.4, 0.5) is 0 Å². The molecule has 0 saturated heterocycles. The van der Waals surface area contributed by atoms with Gasteiger partial charge in [0.2, 0.25) is 0 Å². The fourth-order valence-corrected chi connectivity index (χ4v) is 2.52. The van der Waals surface area contributed by atoms with Crippen molar-refractivity contribution in [2.24, 2.45) is 5.92 Å². The van der Waals surface area contributed by atoms with Crippen LogP contribution in [0.3, 0.4) is 0 Å². The van der Waals surface area contributed by atoms with E-state index in [1.54, 1.807) is 5.57 Å². The second-order valence-corrected chi connectivity index (χ2v) is 5.41. The predicted octanol–water partition coefficient (Wildman–Crippen LogP) is 5.65. The molecule has 0 spiro atoms. The standard InChI is InChI=1S/C16H28/c1-4-14(2)8-7-9-15(3)12-13-16-10-5-6-11-16/h4,9,16H,5-8,10-13H2,1-3H3/b14-4-,15-9-. The first kappa shape index (κ1) is 13.5. The summed E-state index contributed by atoms with van der Waals surface area (Å²) in [6.45, 7) is 6.66. The lowest BCUT2D eigenvalue weighted by Gasteiger charge is -2.08. The van der Waals surface area contributed by atoms with Crippen molar-refractivity contribution in [3.63, 3.8) is 0 Å². The molecule has 0 nitrogen and oxygen atoms in total. The highest BCUT2D eigenvalue weighted by molar-refractivity contribution is 5.02. The Labute approximate surface area is 102 Å².